The van der Waals surface area contributed by atoms with Crippen LogP contribution in [0.5, 0.6) is 0 Å². The topological polar surface area (TPSA) is 184 Å². The van der Waals surface area contributed by atoms with Crippen LogP contribution in [0.4, 0.5) is 9.59 Å². The second kappa shape index (κ2) is 17.1. The van der Waals surface area contributed by atoms with Crippen LogP contribution >= 0.6 is 0 Å². The molecule has 0 radical (unpaired) electrons. The lowest BCUT2D eigenvalue weighted by atomic mass is 9.90. The average Bonchev–Trinajstić information content (AvgIpc) is 4.10. The molecule has 0 spiro atoms. The first-order valence-corrected chi connectivity index (χ1v) is 20.6. The number of amides is 4. The number of nitrogens with one attached hydrogen (secondary N) is 4. The summed E-state index contributed by atoms with van der Waals surface area (Å²) in [6.45, 7) is 6.07. The minimum Gasteiger partial charge on any atom is -0.453 e. The van der Waals surface area contributed by atoms with E-state index in [1.54, 1.807) is 0 Å². The summed E-state index contributed by atoms with van der Waals surface area (Å²) >= 11 is 0. The molecule has 0 saturated carbocycles. The number of fused-ring (bicyclic) bond motifs is 2. The lowest BCUT2D eigenvalue weighted by Gasteiger charge is -2.34. The number of rotatable bonds is 10. The molecule has 3 saturated heterocycles. The van der Waals surface area contributed by atoms with Gasteiger partial charge >= 0.3 is 12.2 Å². The summed E-state index contributed by atoms with van der Waals surface area (Å²) in [5.74, 6) is 1.00. The highest BCUT2D eigenvalue weighted by Gasteiger charge is 2.41. The number of carbonyl (C=O) groups is 4. The Bertz CT molecular complexity index is 2350. The van der Waals surface area contributed by atoms with Crippen molar-refractivity contribution in [1.29, 1.82) is 0 Å². The standard InChI is InChI=1S/C44H52N8O7/c1-25(2)37(49-43(55)57-3)41(53)52-20-8-14-36(52)40-46-32-16-15-27(23-33(32)47-40)28-9-5-11-30-29(28)10-6-12-31(30)34-24-45-39(48-34)35-13-7-19-51(35)42(54)38(50-44(56)58-4)26-17-21-59-22-18-26/h5-6,9-12,15-16,23-26,35-38H,7-8,13-14,17-22H2,1-4H3,(H,45,48)(H,46,47)(H,49,55)(H,50,56). The smallest absolute Gasteiger partial charge is 0.407 e. The fourth-order valence-corrected chi connectivity index (χ4v) is 9.10. The van der Waals surface area contributed by atoms with Crippen LogP contribution in [0.1, 0.15) is 76.1 Å². The van der Waals surface area contributed by atoms with Gasteiger partial charge in [0.1, 0.15) is 23.7 Å². The summed E-state index contributed by atoms with van der Waals surface area (Å²) in [6, 6.07) is 16.8. The number of hydrogen-bond acceptors (Lipinski definition) is 9. The predicted octanol–water partition coefficient (Wildman–Crippen LogP) is 6.63. The fraction of sp³-hybridized carbons (Fsp3) is 0.455. The van der Waals surface area contributed by atoms with E-state index in [9.17, 15) is 19.2 Å². The number of benzene rings is 3. The minimum atomic E-state index is -0.706. The number of nitrogens with zero attached hydrogens (tertiary/aromatic N) is 4. The Morgan fingerprint density at radius 1 is 0.780 bits per heavy atom. The second-order valence-corrected chi connectivity index (χ2v) is 16.0. The van der Waals surface area contributed by atoms with Crippen LogP contribution in [0.15, 0.2) is 60.8 Å². The van der Waals surface area contributed by atoms with Crippen molar-refractivity contribution in [3.05, 3.63) is 72.4 Å². The van der Waals surface area contributed by atoms with Gasteiger partial charge in [-0.25, -0.2) is 19.6 Å². The Morgan fingerprint density at radius 3 is 2.12 bits per heavy atom. The zero-order chi connectivity index (χ0) is 41.2. The van der Waals surface area contributed by atoms with E-state index in [-0.39, 0.29) is 35.7 Å². The molecule has 15 heteroatoms. The summed E-state index contributed by atoms with van der Waals surface area (Å²) in [6.07, 6.45) is 5.14. The van der Waals surface area contributed by atoms with Gasteiger partial charge in [0, 0.05) is 31.9 Å². The summed E-state index contributed by atoms with van der Waals surface area (Å²) in [7, 11) is 2.60. The van der Waals surface area contributed by atoms with Crippen molar-refractivity contribution >= 4 is 45.8 Å². The molecule has 4 N–H and O–H groups in total. The molecule has 310 valence electrons. The molecule has 5 heterocycles. The quantitative estimate of drug-likeness (QED) is 0.120. The molecule has 5 aromatic rings. The molecule has 4 amide bonds. The number of methoxy groups -OCH3 is 2. The van der Waals surface area contributed by atoms with Gasteiger partial charge in [0.15, 0.2) is 0 Å². The molecule has 0 bridgehead atoms. The molecule has 3 fully saturated rings. The van der Waals surface area contributed by atoms with E-state index >= 15 is 0 Å². The van der Waals surface area contributed by atoms with Gasteiger partial charge in [-0.15, -0.1) is 0 Å². The SMILES string of the molecule is COC(=O)NC(C(=O)N1CCCC1c1nc2ccc(-c3cccc4c(-c5cnc(C6CCCN6C(=O)C(NC(=O)OC)C6CCOCC6)[nH]5)cccc34)cc2[nH]1)C(C)C. The number of aromatic amines is 2. The molecule has 2 aromatic heterocycles. The Morgan fingerprint density at radius 2 is 1.42 bits per heavy atom. The lowest BCUT2D eigenvalue weighted by Crippen LogP contribution is -2.53. The highest BCUT2D eigenvalue weighted by atomic mass is 16.5. The minimum absolute atomic E-state index is 0.0427. The Hall–Kier alpha value is -5.96. The predicted molar refractivity (Wildman–Crippen MR) is 221 cm³/mol. The molecule has 4 atom stereocenters. The number of H-pyrrole nitrogens is 2. The Balaban J connectivity index is 1.04. The summed E-state index contributed by atoms with van der Waals surface area (Å²) in [5.41, 5.74) is 5.58. The molecule has 0 aliphatic carbocycles. The first-order chi connectivity index (χ1) is 28.6. The summed E-state index contributed by atoms with van der Waals surface area (Å²) in [4.78, 5) is 72.8. The maximum Gasteiger partial charge on any atom is 0.407 e. The normalized spacial score (nSPS) is 19.6. The molecular weight excluding hydrogens is 753 g/mol. The van der Waals surface area contributed by atoms with Crippen molar-refractivity contribution in [2.24, 2.45) is 11.8 Å². The zero-order valence-corrected chi connectivity index (χ0v) is 34.0. The van der Waals surface area contributed by atoms with Crippen LogP contribution in [0.2, 0.25) is 0 Å². The van der Waals surface area contributed by atoms with E-state index in [0.29, 0.717) is 45.0 Å². The number of aromatic nitrogens is 4. The van der Waals surface area contributed by atoms with E-state index in [4.69, 9.17) is 24.2 Å². The van der Waals surface area contributed by atoms with Crippen LogP contribution in [0.25, 0.3) is 44.2 Å². The van der Waals surface area contributed by atoms with Crippen LogP contribution in [0, 0.1) is 11.8 Å². The number of alkyl carbamates (subject to hydrolysis) is 2. The molecule has 15 nitrogen and oxygen atoms in total. The molecule has 3 aliphatic heterocycles. The third kappa shape index (κ3) is 7.95. The first kappa shape index (κ1) is 39.8. The van der Waals surface area contributed by atoms with Gasteiger partial charge in [0.05, 0.1) is 49.2 Å². The highest BCUT2D eigenvalue weighted by molar-refractivity contribution is 6.04. The zero-order valence-electron chi connectivity index (χ0n) is 34.0. The van der Waals surface area contributed by atoms with Gasteiger partial charge < -0.3 is 44.6 Å². The maximum absolute atomic E-state index is 14.1. The van der Waals surface area contributed by atoms with Crippen molar-refractivity contribution < 1.29 is 33.4 Å². The van der Waals surface area contributed by atoms with Gasteiger partial charge in [-0.3, -0.25) is 9.59 Å². The van der Waals surface area contributed by atoms with Crippen LogP contribution in [-0.4, -0.2) is 106 Å². The molecular formula is C44H52N8O7. The Labute approximate surface area is 342 Å². The maximum atomic E-state index is 14.1. The van der Waals surface area contributed by atoms with E-state index in [2.05, 4.69) is 63.1 Å². The number of imidazole rings is 2. The van der Waals surface area contributed by atoms with Crippen molar-refractivity contribution in [3.63, 3.8) is 0 Å². The van der Waals surface area contributed by atoms with E-state index in [1.807, 2.05) is 42.0 Å². The second-order valence-electron chi connectivity index (χ2n) is 16.0. The Kier molecular flexibility index (Phi) is 11.5. The number of likely N-dealkylation sites (tertiary alicyclic amines) is 2. The summed E-state index contributed by atoms with van der Waals surface area (Å²) < 4.78 is 15.2. The van der Waals surface area contributed by atoms with E-state index in [0.717, 1.165) is 75.7 Å². The van der Waals surface area contributed by atoms with Gasteiger partial charge in [0.25, 0.3) is 0 Å². The van der Waals surface area contributed by atoms with E-state index < -0.39 is 24.3 Å². The lowest BCUT2D eigenvalue weighted by molar-refractivity contribution is -0.137. The van der Waals surface area contributed by atoms with Crippen molar-refractivity contribution in [2.75, 3.05) is 40.5 Å². The van der Waals surface area contributed by atoms with Crippen LogP contribution in [-0.2, 0) is 23.8 Å². The van der Waals surface area contributed by atoms with Crippen molar-refractivity contribution in [2.45, 2.75) is 76.5 Å². The van der Waals surface area contributed by atoms with Gasteiger partial charge in [0.2, 0.25) is 11.8 Å². The molecule has 3 aliphatic rings. The molecule has 59 heavy (non-hydrogen) atoms. The van der Waals surface area contributed by atoms with Gasteiger partial charge in [-0.05, 0) is 84.4 Å². The average molecular weight is 805 g/mol. The molecule has 4 unspecified atom stereocenters. The highest BCUT2D eigenvalue weighted by Crippen LogP contribution is 2.39. The number of ether oxygens (including phenoxy) is 3. The monoisotopic (exact) mass is 804 g/mol. The van der Waals surface area contributed by atoms with Gasteiger partial charge in [-0.1, -0.05) is 56.3 Å². The number of carbonyl (C=O) groups excluding carboxylic acids is 4. The third-order valence-electron chi connectivity index (χ3n) is 12.2. The molecule has 8 rings (SSSR count). The fourth-order valence-electron chi connectivity index (χ4n) is 9.10. The largest absolute Gasteiger partial charge is 0.453 e. The van der Waals surface area contributed by atoms with Gasteiger partial charge in [-0.2, -0.15) is 0 Å². The first-order valence-electron chi connectivity index (χ1n) is 20.6. The summed E-state index contributed by atoms with van der Waals surface area (Å²) in [5, 5.41) is 7.65. The van der Waals surface area contributed by atoms with Crippen LogP contribution in [0.3, 0.4) is 0 Å². The van der Waals surface area contributed by atoms with Crippen molar-refractivity contribution in [1.82, 2.24) is 40.4 Å². The van der Waals surface area contributed by atoms with Crippen molar-refractivity contribution in [3.8, 4) is 22.4 Å². The third-order valence-corrected chi connectivity index (χ3v) is 12.2. The number of hydrogen-bond donors (Lipinski definition) is 4. The van der Waals surface area contributed by atoms with E-state index in [1.165, 1.54) is 14.2 Å². The molecule has 3 aromatic carbocycles. The van der Waals surface area contributed by atoms with Crippen LogP contribution < -0.4 is 10.6 Å².